The molecule has 1 aromatic heterocycles. The molecular weight excluding hydrogens is 218 g/mol. The van der Waals surface area contributed by atoms with Gasteiger partial charge in [-0.3, -0.25) is 4.98 Å². The van der Waals surface area contributed by atoms with E-state index in [0.717, 1.165) is 0 Å². The number of aliphatic hydroxyl groups excluding tert-OH is 1. The first-order chi connectivity index (χ1) is 8.02. The van der Waals surface area contributed by atoms with Gasteiger partial charge in [0.2, 0.25) is 5.88 Å². The summed E-state index contributed by atoms with van der Waals surface area (Å²) in [6.07, 6.45) is 3.27. The topological polar surface area (TPSA) is 67.3 Å². The van der Waals surface area contributed by atoms with Crippen LogP contribution in [0.25, 0.3) is 0 Å². The summed E-state index contributed by atoms with van der Waals surface area (Å²) >= 11 is 0. The quantitative estimate of drug-likeness (QED) is 0.790. The number of aliphatic hydroxyl groups is 1. The molecule has 1 atom stereocenters. The molecule has 0 spiro atoms. The van der Waals surface area contributed by atoms with Gasteiger partial charge in [-0.25, -0.2) is 0 Å². The van der Waals surface area contributed by atoms with Crippen molar-refractivity contribution in [1.29, 1.82) is 0 Å². The van der Waals surface area contributed by atoms with Gasteiger partial charge in [0.1, 0.15) is 5.82 Å². The molecule has 96 valence electrons. The summed E-state index contributed by atoms with van der Waals surface area (Å²) in [5.74, 6) is 1.43. The Morgan fingerprint density at radius 1 is 1.29 bits per heavy atom. The van der Waals surface area contributed by atoms with Crippen molar-refractivity contribution >= 4 is 5.82 Å². The highest BCUT2D eigenvalue weighted by Gasteiger charge is 2.13. The number of hydrogen-bond donors (Lipinski definition) is 2. The largest absolute Gasteiger partial charge is 0.474 e. The van der Waals surface area contributed by atoms with Gasteiger partial charge in [0.05, 0.1) is 31.1 Å². The molecule has 0 bridgehead atoms. The van der Waals surface area contributed by atoms with Gasteiger partial charge in [0.15, 0.2) is 0 Å². The van der Waals surface area contributed by atoms with Gasteiger partial charge in [0.25, 0.3) is 0 Å². The number of nitrogens with zero attached hydrogens (tertiary/aromatic N) is 2. The van der Waals surface area contributed by atoms with Crippen molar-refractivity contribution in [3.05, 3.63) is 12.4 Å². The van der Waals surface area contributed by atoms with E-state index in [0.29, 0.717) is 17.6 Å². The average Bonchev–Trinajstić information content (AvgIpc) is 2.25. The summed E-state index contributed by atoms with van der Waals surface area (Å²) in [4.78, 5) is 8.33. The van der Waals surface area contributed by atoms with Gasteiger partial charge in [-0.05, 0) is 19.8 Å². The third kappa shape index (κ3) is 4.56. The Hall–Kier alpha value is -1.36. The Bertz CT molecular complexity index is 342. The molecule has 0 radical (unpaired) electrons. The van der Waals surface area contributed by atoms with Gasteiger partial charge >= 0.3 is 0 Å². The van der Waals surface area contributed by atoms with E-state index in [1.54, 1.807) is 12.4 Å². The normalized spacial score (nSPS) is 12.9. The Kier molecular flexibility index (Phi) is 5.15. The Morgan fingerprint density at radius 3 is 2.53 bits per heavy atom. The molecule has 2 N–H and O–H groups in total. The van der Waals surface area contributed by atoms with E-state index >= 15 is 0 Å². The van der Waals surface area contributed by atoms with Crippen LogP contribution >= 0.6 is 0 Å². The van der Waals surface area contributed by atoms with E-state index in [1.165, 1.54) is 0 Å². The summed E-state index contributed by atoms with van der Waals surface area (Å²) in [6.45, 7) is 8.01. The van der Waals surface area contributed by atoms with Gasteiger partial charge < -0.3 is 15.2 Å². The van der Waals surface area contributed by atoms with Crippen LogP contribution < -0.4 is 10.1 Å². The van der Waals surface area contributed by atoms with Crippen LogP contribution in [-0.2, 0) is 0 Å². The lowest BCUT2D eigenvalue weighted by Gasteiger charge is -2.20. The van der Waals surface area contributed by atoms with Crippen LogP contribution in [0, 0.1) is 5.92 Å². The molecule has 0 fully saturated rings. The second-order valence-electron chi connectivity index (χ2n) is 4.59. The second kappa shape index (κ2) is 6.39. The molecular formula is C12H21N3O2. The van der Waals surface area contributed by atoms with E-state index in [2.05, 4.69) is 15.3 Å². The molecule has 0 saturated carbocycles. The maximum absolute atomic E-state index is 9.23. The van der Waals surface area contributed by atoms with E-state index in [4.69, 9.17) is 4.74 Å². The summed E-state index contributed by atoms with van der Waals surface area (Å²) in [5.41, 5.74) is 0. The van der Waals surface area contributed by atoms with Crippen molar-refractivity contribution in [2.75, 3.05) is 11.9 Å². The van der Waals surface area contributed by atoms with Crippen molar-refractivity contribution in [3.8, 4) is 5.88 Å². The molecule has 0 aliphatic rings. The van der Waals surface area contributed by atoms with Crippen molar-refractivity contribution < 1.29 is 9.84 Å². The van der Waals surface area contributed by atoms with Crippen molar-refractivity contribution in [3.63, 3.8) is 0 Å². The highest BCUT2D eigenvalue weighted by molar-refractivity contribution is 5.34. The van der Waals surface area contributed by atoms with Gasteiger partial charge in [-0.15, -0.1) is 0 Å². The van der Waals surface area contributed by atoms with E-state index in [-0.39, 0.29) is 18.8 Å². The van der Waals surface area contributed by atoms with Gasteiger partial charge in [-0.2, -0.15) is 4.98 Å². The Morgan fingerprint density at radius 2 is 2.00 bits per heavy atom. The maximum atomic E-state index is 9.23. The first kappa shape index (κ1) is 13.7. The van der Waals surface area contributed by atoms with Crippen LogP contribution in [0.2, 0.25) is 0 Å². The zero-order valence-corrected chi connectivity index (χ0v) is 10.8. The van der Waals surface area contributed by atoms with Gasteiger partial charge in [0, 0.05) is 0 Å². The van der Waals surface area contributed by atoms with E-state index in [9.17, 15) is 5.11 Å². The molecule has 1 rings (SSSR count). The number of rotatable bonds is 6. The minimum absolute atomic E-state index is 0.0291. The van der Waals surface area contributed by atoms with Crippen LogP contribution in [-0.4, -0.2) is 33.8 Å². The van der Waals surface area contributed by atoms with Crippen molar-refractivity contribution in [2.45, 2.75) is 39.8 Å². The third-order valence-electron chi connectivity index (χ3n) is 2.30. The minimum atomic E-state index is -0.0291. The lowest BCUT2D eigenvalue weighted by molar-refractivity contribution is 0.231. The zero-order chi connectivity index (χ0) is 12.8. The van der Waals surface area contributed by atoms with Crippen molar-refractivity contribution in [2.24, 2.45) is 5.92 Å². The number of aromatic nitrogens is 2. The molecule has 17 heavy (non-hydrogen) atoms. The fourth-order valence-electron chi connectivity index (χ4n) is 1.33. The lowest BCUT2D eigenvalue weighted by atomic mass is 10.1. The molecule has 0 aliphatic heterocycles. The predicted octanol–water partition coefficient (Wildman–Crippen LogP) is 1.69. The standard InChI is InChI=1S/C12H21N3O2/c1-8(2)10(7-16)14-11-5-13-6-12(15-11)17-9(3)4/h5-6,8-10,16H,7H2,1-4H3,(H,14,15)/t10-/m0/s1. The first-order valence-electron chi connectivity index (χ1n) is 5.89. The SMILES string of the molecule is CC(C)Oc1cncc(N[C@@H](CO)C(C)C)n1. The predicted molar refractivity (Wildman–Crippen MR) is 67.1 cm³/mol. The van der Waals surface area contributed by atoms with Crippen LogP contribution in [0.4, 0.5) is 5.82 Å². The number of hydrogen-bond acceptors (Lipinski definition) is 5. The summed E-state index contributed by atoms with van der Waals surface area (Å²) in [6, 6.07) is -0.0291. The van der Waals surface area contributed by atoms with Crippen LogP contribution in [0.15, 0.2) is 12.4 Å². The number of anilines is 1. The summed E-state index contributed by atoms with van der Waals surface area (Å²) in [5, 5.41) is 12.4. The highest BCUT2D eigenvalue weighted by atomic mass is 16.5. The maximum Gasteiger partial charge on any atom is 0.234 e. The van der Waals surface area contributed by atoms with Crippen molar-refractivity contribution in [1.82, 2.24) is 9.97 Å². The first-order valence-corrected chi connectivity index (χ1v) is 5.89. The van der Waals surface area contributed by atoms with Crippen LogP contribution in [0.3, 0.4) is 0 Å². The number of nitrogens with one attached hydrogen (secondary N) is 1. The minimum Gasteiger partial charge on any atom is -0.474 e. The molecule has 5 heteroatoms. The Labute approximate surface area is 102 Å². The highest BCUT2D eigenvalue weighted by Crippen LogP contribution is 2.13. The van der Waals surface area contributed by atoms with Gasteiger partial charge in [-0.1, -0.05) is 13.8 Å². The molecule has 5 nitrogen and oxygen atoms in total. The molecule has 0 saturated heterocycles. The molecule has 1 aromatic rings. The second-order valence-corrected chi connectivity index (χ2v) is 4.59. The fraction of sp³-hybridized carbons (Fsp3) is 0.667. The monoisotopic (exact) mass is 239 g/mol. The zero-order valence-electron chi connectivity index (χ0n) is 10.8. The average molecular weight is 239 g/mol. The third-order valence-corrected chi connectivity index (χ3v) is 2.30. The van der Waals surface area contributed by atoms with Crippen LogP contribution in [0.1, 0.15) is 27.7 Å². The smallest absolute Gasteiger partial charge is 0.234 e. The molecule has 0 amide bonds. The fourth-order valence-corrected chi connectivity index (χ4v) is 1.33. The summed E-state index contributed by atoms with van der Waals surface area (Å²) < 4.78 is 5.45. The molecule has 1 heterocycles. The molecule has 0 aromatic carbocycles. The van der Waals surface area contributed by atoms with E-state index in [1.807, 2.05) is 27.7 Å². The van der Waals surface area contributed by atoms with E-state index < -0.39 is 0 Å². The van der Waals surface area contributed by atoms with Crippen LogP contribution in [0.5, 0.6) is 5.88 Å². The molecule has 0 unspecified atom stereocenters. The Balaban J connectivity index is 2.70. The number of ether oxygens (including phenoxy) is 1. The molecule has 0 aliphatic carbocycles. The summed E-state index contributed by atoms with van der Waals surface area (Å²) in [7, 11) is 0. The lowest BCUT2D eigenvalue weighted by Crippen LogP contribution is -2.29.